The predicted molar refractivity (Wildman–Crippen MR) is 58.8 cm³/mol. The number of rotatable bonds is 1. The van der Waals surface area contributed by atoms with E-state index < -0.39 is 0 Å². The van der Waals surface area contributed by atoms with Crippen LogP contribution in [0.25, 0.3) is 11.3 Å². The van der Waals surface area contributed by atoms with Gasteiger partial charge in [-0.05, 0) is 29.7 Å². The Morgan fingerprint density at radius 1 is 1.14 bits per heavy atom. The molecular formula is C10H6ClNOS. The van der Waals surface area contributed by atoms with Crippen LogP contribution in [-0.4, -0.2) is 4.37 Å². The molecule has 0 amide bonds. The first-order chi connectivity index (χ1) is 6.77. The van der Waals surface area contributed by atoms with Crippen molar-refractivity contribution >= 4 is 23.1 Å². The van der Waals surface area contributed by atoms with Gasteiger partial charge in [-0.25, -0.2) is 0 Å². The average Bonchev–Trinajstić information content (AvgIpc) is 2.20. The third kappa shape index (κ3) is 1.84. The molecule has 0 spiro atoms. The lowest BCUT2D eigenvalue weighted by Crippen LogP contribution is -2.02. The van der Waals surface area contributed by atoms with Crippen molar-refractivity contribution in [1.29, 1.82) is 0 Å². The van der Waals surface area contributed by atoms with Gasteiger partial charge < -0.3 is 0 Å². The lowest BCUT2D eigenvalue weighted by atomic mass is 10.1. The van der Waals surface area contributed by atoms with E-state index in [4.69, 9.17) is 11.6 Å². The van der Waals surface area contributed by atoms with Gasteiger partial charge in [-0.15, -0.1) is 0 Å². The fourth-order valence-electron chi connectivity index (χ4n) is 1.10. The maximum Gasteiger partial charge on any atom is 0.206 e. The van der Waals surface area contributed by atoms with Gasteiger partial charge in [0.2, 0.25) is 5.43 Å². The largest absolute Gasteiger partial charge is 0.287 e. The molecular weight excluding hydrogens is 218 g/mol. The summed E-state index contributed by atoms with van der Waals surface area (Å²) in [5.74, 6) is 0. The van der Waals surface area contributed by atoms with Gasteiger partial charge >= 0.3 is 0 Å². The molecule has 1 heterocycles. The summed E-state index contributed by atoms with van der Waals surface area (Å²) in [5.41, 5.74) is 1.22. The third-order valence-electron chi connectivity index (χ3n) is 1.78. The highest BCUT2D eigenvalue weighted by molar-refractivity contribution is 7.03. The predicted octanol–water partition coefficient (Wildman–Crippen LogP) is 2.82. The standard InChI is InChI=1S/C10H6ClNOS/c11-8-3-1-7(2-4-8)10-9(13)5-6-14-12-10/h1-6H. The Kier molecular flexibility index (Phi) is 2.61. The lowest BCUT2D eigenvalue weighted by Gasteiger charge is -1.97. The summed E-state index contributed by atoms with van der Waals surface area (Å²) < 4.78 is 4.06. The van der Waals surface area contributed by atoms with Gasteiger partial charge in [0.05, 0.1) is 0 Å². The molecule has 70 valence electrons. The molecule has 0 unspecified atom stereocenters. The number of aromatic nitrogens is 1. The minimum absolute atomic E-state index is 0.0638. The molecule has 0 aliphatic heterocycles. The normalized spacial score (nSPS) is 10.1. The molecule has 0 aliphatic rings. The molecule has 0 aliphatic carbocycles. The summed E-state index contributed by atoms with van der Waals surface area (Å²) in [5, 5.41) is 2.32. The summed E-state index contributed by atoms with van der Waals surface area (Å²) >= 11 is 7.00. The molecule has 0 radical (unpaired) electrons. The quantitative estimate of drug-likeness (QED) is 0.744. The first kappa shape index (κ1) is 9.37. The lowest BCUT2D eigenvalue weighted by molar-refractivity contribution is 1.43. The molecule has 2 nitrogen and oxygen atoms in total. The molecule has 14 heavy (non-hydrogen) atoms. The van der Waals surface area contributed by atoms with Gasteiger partial charge in [0.15, 0.2) is 0 Å². The Morgan fingerprint density at radius 2 is 1.86 bits per heavy atom. The molecule has 0 atom stereocenters. The number of benzene rings is 1. The molecule has 0 saturated carbocycles. The highest BCUT2D eigenvalue weighted by Gasteiger charge is 2.02. The summed E-state index contributed by atoms with van der Waals surface area (Å²) in [6.45, 7) is 0. The fourth-order valence-corrected chi connectivity index (χ4v) is 1.77. The molecule has 1 aromatic carbocycles. The Labute approximate surface area is 90.0 Å². The van der Waals surface area contributed by atoms with E-state index in [1.54, 1.807) is 29.6 Å². The second-order valence-electron chi connectivity index (χ2n) is 2.72. The van der Waals surface area contributed by atoms with Crippen LogP contribution in [0.5, 0.6) is 0 Å². The van der Waals surface area contributed by atoms with E-state index in [1.807, 2.05) is 0 Å². The van der Waals surface area contributed by atoms with Crippen molar-refractivity contribution in [2.45, 2.75) is 0 Å². The van der Waals surface area contributed by atoms with E-state index in [0.717, 1.165) is 5.56 Å². The van der Waals surface area contributed by atoms with Gasteiger partial charge in [-0.3, -0.25) is 4.79 Å². The van der Waals surface area contributed by atoms with Crippen molar-refractivity contribution in [2.24, 2.45) is 0 Å². The second-order valence-corrected chi connectivity index (χ2v) is 3.82. The van der Waals surface area contributed by atoms with E-state index in [0.29, 0.717) is 10.7 Å². The number of nitrogens with zero attached hydrogens (tertiary/aromatic N) is 1. The van der Waals surface area contributed by atoms with E-state index in [-0.39, 0.29) is 5.43 Å². The van der Waals surface area contributed by atoms with Crippen LogP contribution in [0.3, 0.4) is 0 Å². The first-order valence-corrected chi connectivity index (χ1v) is 5.19. The Balaban J connectivity index is 2.56. The molecule has 0 bridgehead atoms. The van der Waals surface area contributed by atoms with E-state index in [9.17, 15) is 4.79 Å². The highest BCUT2D eigenvalue weighted by Crippen LogP contribution is 2.16. The van der Waals surface area contributed by atoms with Crippen LogP contribution in [0.15, 0.2) is 40.5 Å². The van der Waals surface area contributed by atoms with Crippen molar-refractivity contribution in [3.63, 3.8) is 0 Å². The monoisotopic (exact) mass is 223 g/mol. The second kappa shape index (κ2) is 3.90. The van der Waals surface area contributed by atoms with Crippen LogP contribution < -0.4 is 5.43 Å². The average molecular weight is 224 g/mol. The van der Waals surface area contributed by atoms with Gasteiger partial charge in [0.25, 0.3) is 0 Å². The van der Waals surface area contributed by atoms with Crippen LogP contribution in [0.2, 0.25) is 5.02 Å². The minimum atomic E-state index is -0.0638. The van der Waals surface area contributed by atoms with Crippen molar-refractivity contribution in [2.75, 3.05) is 0 Å². The van der Waals surface area contributed by atoms with Crippen molar-refractivity contribution < 1.29 is 0 Å². The minimum Gasteiger partial charge on any atom is -0.287 e. The zero-order chi connectivity index (χ0) is 9.97. The van der Waals surface area contributed by atoms with Crippen LogP contribution in [-0.2, 0) is 0 Å². The SMILES string of the molecule is O=c1ccsnc1-c1ccc(Cl)cc1. The summed E-state index contributed by atoms with van der Waals surface area (Å²) in [7, 11) is 0. The van der Waals surface area contributed by atoms with Crippen LogP contribution in [0.1, 0.15) is 0 Å². The van der Waals surface area contributed by atoms with Gasteiger partial charge in [-0.2, -0.15) is 4.37 Å². The molecule has 0 saturated heterocycles. The Hall–Kier alpha value is -1.19. The topological polar surface area (TPSA) is 30.0 Å². The van der Waals surface area contributed by atoms with E-state index in [2.05, 4.69) is 4.37 Å². The van der Waals surface area contributed by atoms with E-state index in [1.165, 1.54) is 17.6 Å². The van der Waals surface area contributed by atoms with Crippen molar-refractivity contribution in [1.82, 2.24) is 4.37 Å². The van der Waals surface area contributed by atoms with Crippen LogP contribution in [0, 0.1) is 0 Å². The summed E-state index contributed by atoms with van der Waals surface area (Å²) in [6, 6.07) is 8.59. The highest BCUT2D eigenvalue weighted by atomic mass is 35.5. The molecule has 4 heteroatoms. The van der Waals surface area contributed by atoms with Gasteiger partial charge in [0, 0.05) is 16.0 Å². The maximum atomic E-state index is 11.4. The van der Waals surface area contributed by atoms with Crippen LogP contribution in [0.4, 0.5) is 0 Å². The molecule has 1 aromatic heterocycles. The first-order valence-electron chi connectivity index (χ1n) is 3.98. The summed E-state index contributed by atoms with van der Waals surface area (Å²) in [4.78, 5) is 11.4. The van der Waals surface area contributed by atoms with Crippen LogP contribution >= 0.6 is 23.1 Å². The van der Waals surface area contributed by atoms with Crippen molar-refractivity contribution in [3.8, 4) is 11.3 Å². The Morgan fingerprint density at radius 3 is 2.50 bits per heavy atom. The third-order valence-corrected chi connectivity index (χ3v) is 2.57. The molecule has 0 N–H and O–H groups in total. The van der Waals surface area contributed by atoms with Crippen molar-refractivity contribution in [3.05, 3.63) is 51.0 Å². The fraction of sp³-hybridized carbons (Fsp3) is 0. The number of hydrogen-bond donors (Lipinski definition) is 0. The summed E-state index contributed by atoms with van der Waals surface area (Å²) in [6.07, 6.45) is 0. The zero-order valence-corrected chi connectivity index (χ0v) is 8.68. The smallest absolute Gasteiger partial charge is 0.206 e. The zero-order valence-electron chi connectivity index (χ0n) is 7.11. The van der Waals surface area contributed by atoms with Gasteiger partial charge in [0.1, 0.15) is 5.69 Å². The van der Waals surface area contributed by atoms with E-state index >= 15 is 0 Å². The number of halogens is 1. The molecule has 2 rings (SSSR count). The number of hydrogen-bond acceptors (Lipinski definition) is 3. The molecule has 0 fully saturated rings. The van der Waals surface area contributed by atoms with Gasteiger partial charge in [-0.1, -0.05) is 23.7 Å². The Bertz CT molecular complexity index is 492. The maximum absolute atomic E-state index is 11.4. The molecule has 2 aromatic rings.